The second-order valence-electron chi connectivity index (χ2n) is 10.6. The van der Waals surface area contributed by atoms with Crippen LogP contribution in [0.5, 0.6) is 0 Å². The lowest BCUT2D eigenvalue weighted by Crippen LogP contribution is -2.60. The number of carbonyl (C=O) groups is 2. The molecule has 0 aromatic carbocycles. The second kappa shape index (κ2) is 10.8. The third kappa shape index (κ3) is 7.64. The first-order valence-electron chi connectivity index (χ1n) is 11.0. The molecule has 2 atom stereocenters. The minimum Gasteiger partial charge on any atom is -0.465 e. The molecular formula is C20H24F14N2O4. The largest absolute Gasteiger partial charge is 0.465 e. The number of rotatable bonds is 9. The molecule has 1 saturated carbocycles. The number of alkyl halides is 14. The van der Waals surface area contributed by atoms with Gasteiger partial charge in [0.15, 0.2) is 6.61 Å². The third-order valence-electron chi connectivity index (χ3n) is 6.15. The smallest absolute Gasteiger partial charge is 0.460 e. The fourth-order valence-electron chi connectivity index (χ4n) is 4.60. The molecule has 1 fully saturated rings. The number of hydrogen-bond donors (Lipinski definition) is 2. The Morgan fingerprint density at radius 1 is 0.825 bits per heavy atom. The molecular weight excluding hydrogens is 598 g/mol. The number of carbonyl (C=O) groups excluding carboxylic acids is 1. The first-order chi connectivity index (χ1) is 17.4. The molecule has 0 spiro atoms. The highest BCUT2D eigenvalue weighted by atomic mass is 19.4. The van der Waals surface area contributed by atoms with Crippen LogP contribution in [0, 0.1) is 10.8 Å². The minimum atomic E-state index is -6.73. The fourth-order valence-corrected chi connectivity index (χ4v) is 4.60. The minimum absolute atomic E-state index is 0.0261. The SMILES string of the molecule is CC1(C)CC(N(CC(F)(F)C(F)(F)C(F)(F)F)C(=O)O)CC(C)(CNC(=O)OCC(F)(F)C(F)(F)C(F)(F)F)C1. The molecule has 0 radical (unpaired) electrons. The van der Waals surface area contributed by atoms with E-state index in [1.165, 1.54) is 20.8 Å². The van der Waals surface area contributed by atoms with Gasteiger partial charge in [0.05, 0.1) is 6.54 Å². The van der Waals surface area contributed by atoms with Crippen LogP contribution < -0.4 is 5.32 Å². The van der Waals surface area contributed by atoms with Crippen molar-refractivity contribution in [2.24, 2.45) is 10.8 Å². The van der Waals surface area contributed by atoms with Gasteiger partial charge in [-0.1, -0.05) is 20.8 Å². The van der Waals surface area contributed by atoms with Crippen LogP contribution in [0.4, 0.5) is 71.1 Å². The van der Waals surface area contributed by atoms with Gasteiger partial charge in [-0.2, -0.15) is 61.5 Å². The molecule has 0 aliphatic heterocycles. The van der Waals surface area contributed by atoms with Gasteiger partial charge in [-0.25, -0.2) is 9.59 Å². The topological polar surface area (TPSA) is 78.9 Å². The Hall–Kier alpha value is -2.44. The highest BCUT2D eigenvalue weighted by Gasteiger charge is 2.74. The molecule has 1 aliphatic carbocycles. The number of hydrogen-bond acceptors (Lipinski definition) is 3. The monoisotopic (exact) mass is 622 g/mol. The average Bonchev–Trinajstić information content (AvgIpc) is 2.71. The normalized spacial score (nSPS) is 23.0. The zero-order valence-corrected chi connectivity index (χ0v) is 20.7. The Kier molecular flexibility index (Phi) is 9.57. The Bertz CT molecular complexity index is 935. The molecule has 1 rings (SSSR count). The Labute approximate surface area is 217 Å². The van der Waals surface area contributed by atoms with Gasteiger partial charge < -0.3 is 15.2 Å². The number of amides is 2. The van der Waals surface area contributed by atoms with Crippen LogP contribution in [0.2, 0.25) is 0 Å². The van der Waals surface area contributed by atoms with Gasteiger partial charge in [-0.15, -0.1) is 0 Å². The van der Waals surface area contributed by atoms with Crippen LogP contribution in [0.1, 0.15) is 40.0 Å². The highest BCUT2D eigenvalue weighted by molar-refractivity contribution is 5.67. The van der Waals surface area contributed by atoms with E-state index in [1.807, 2.05) is 0 Å². The zero-order valence-electron chi connectivity index (χ0n) is 20.7. The molecule has 0 aromatic rings. The van der Waals surface area contributed by atoms with Crippen LogP contribution in [-0.4, -0.2) is 84.0 Å². The first kappa shape index (κ1) is 35.6. The van der Waals surface area contributed by atoms with Crippen molar-refractivity contribution in [1.29, 1.82) is 0 Å². The number of halogens is 14. The van der Waals surface area contributed by atoms with Gasteiger partial charge >= 0.3 is 48.2 Å². The summed E-state index contributed by atoms with van der Waals surface area (Å²) in [5, 5.41) is 11.1. The maximum absolute atomic E-state index is 14.0. The van der Waals surface area contributed by atoms with E-state index in [4.69, 9.17) is 0 Å². The fraction of sp³-hybridized carbons (Fsp3) is 0.900. The van der Waals surface area contributed by atoms with E-state index in [9.17, 15) is 76.2 Å². The lowest BCUT2D eigenvalue weighted by atomic mass is 9.62. The molecule has 0 saturated heterocycles. The van der Waals surface area contributed by atoms with Gasteiger partial charge in [0, 0.05) is 12.6 Å². The lowest BCUT2D eigenvalue weighted by Gasteiger charge is -2.49. The maximum Gasteiger partial charge on any atom is 0.460 e. The van der Waals surface area contributed by atoms with Crippen molar-refractivity contribution >= 4 is 12.2 Å². The zero-order chi connectivity index (χ0) is 32.0. The van der Waals surface area contributed by atoms with Crippen molar-refractivity contribution in [3.63, 3.8) is 0 Å². The molecule has 20 heteroatoms. The van der Waals surface area contributed by atoms with E-state index in [0.717, 1.165) is 0 Å². The quantitative estimate of drug-likeness (QED) is 0.273. The van der Waals surface area contributed by atoms with Gasteiger partial charge in [0.1, 0.15) is 0 Å². The molecule has 6 nitrogen and oxygen atoms in total. The van der Waals surface area contributed by atoms with Crippen LogP contribution in [-0.2, 0) is 4.74 Å². The maximum atomic E-state index is 14.0. The number of ether oxygens (including phenoxy) is 1. The standard InChI is InChI=1S/C20H24F14N2O4/c1-13(2)4-10(36(12(38)39)8-15(21,22)17(25,26)19(29,30)31)5-14(3,6-13)7-35-11(37)40-9-16(23,24)18(27,28)20(32,33)34/h10H,4-9H2,1-3H3,(H,35,37)(H,38,39). The van der Waals surface area contributed by atoms with E-state index in [2.05, 4.69) is 4.74 Å². The van der Waals surface area contributed by atoms with Crippen LogP contribution in [0.25, 0.3) is 0 Å². The van der Waals surface area contributed by atoms with Crippen LogP contribution in [0.3, 0.4) is 0 Å². The van der Waals surface area contributed by atoms with Gasteiger partial charge in [0.25, 0.3) is 0 Å². The average molecular weight is 622 g/mol. The highest BCUT2D eigenvalue weighted by Crippen LogP contribution is 2.50. The van der Waals surface area contributed by atoms with Crippen LogP contribution >= 0.6 is 0 Å². The number of carboxylic acid groups (broad SMARTS) is 1. The van der Waals surface area contributed by atoms with Crippen molar-refractivity contribution in [3.05, 3.63) is 0 Å². The van der Waals surface area contributed by atoms with Crippen molar-refractivity contribution in [1.82, 2.24) is 10.2 Å². The number of alkyl carbamates (subject to hydrolysis) is 1. The second-order valence-corrected chi connectivity index (χ2v) is 10.6. The van der Waals surface area contributed by atoms with E-state index >= 15 is 0 Å². The molecule has 2 unspecified atom stereocenters. The molecule has 0 bridgehead atoms. The van der Waals surface area contributed by atoms with E-state index in [1.54, 1.807) is 5.32 Å². The van der Waals surface area contributed by atoms with Crippen molar-refractivity contribution in [2.75, 3.05) is 19.7 Å². The number of nitrogens with zero attached hydrogens (tertiary/aromatic N) is 1. The molecule has 40 heavy (non-hydrogen) atoms. The van der Waals surface area contributed by atoms with Crippen molar-refractivity contribution < 1.29 is 80.9 Å². The molecule has 2 N–H and O–H groups in total. The lowest BCUT2D eigenvalue weighted by molar-refractivity contribution is -0.359. The summed E-state index contributed by atoms with van der Waals surface area (Å²) in [6.07, 6.45) is -18.6. The summed E-state index contributed by atoms with van der Waals surface area (Å²) in [6.45, 7) is -1.93. The van der Waals surface area contributed by atoms with E-state index in [-0.39, 0.29) is 17.7 Å². The summed E-state index contributed by atoms with van der Waals surface area (Å²) < 4.78 is 185. The van der Waals surface area contributed by atoms with Gasteiger partial charge in [-0.05, 0) is 30.1 Å². The van der Waals surface area contributed by atoms with Crippen LogP contribution in [0.15, 0.2) is 0 Å². The van der Waals surface area contributed by atoms with E-state index in [0.29, 0.717) is 0 Å². The van der Waals surface area contributed by atoms with Gasteiger partial charge in [0.2, 0.25) is 0 Å². The van der Waals surface area contributed by atoms with E-state index < -0.39 is 91.2 Å². The third-order valence-corrected chi connectivity index (χ3v) is 6.15. The summed E-state index contributed by atoms with van der Waals surface area (Å²) >= 11 is 0. The molecule has 2 amide bonds. The Morgan fingerprint density at radius 2 is 1.27 bits per heavy atom. The van der Waals surface area contributed by atoms with Crippen molar-refractivity contribution in [2.45, 2.75) is 82.1 Å². The molecule has 1 aliphatic rings. The Morgan fingerprint density at radius 3 is 1.70 bits per heavy atom. The molecule has 236 valence electrons. The summed E-state index contributed by atoms with van der Waals surface area (Å²) in [4.78, 5) is 23.1. The predicted molar refractivity (Wildman–Crippen MR) is 106 cm³/mol. The van der Waals surface area contributed by atoms with Gasteiger partial charge in [-0.3, -0.25) is 4.90 Å². The number of nitrogens with one attached hydrogen (secondary N) is 1. The van der Waals surface area contributed by atoms with Crippen molar-refractivity contribution in [3.8, 4) is 0 Å². The molecule has 0 heterocycles. The Balaban J connectivity index is 3.06. The summed E-state index contributed by atoms with van der Waals surface area (Å²) in [6, 6.07) is -1.64. The summed E-state index contributed by atoms with van der Waals surface area (Å²) in [5.74, 6) is -25.0. The summed E-state index contributed by atoms with van der Waals surface area (Å²) in [5.41, 5.74) is -2.47. The predicted octanol–water partition coefficient (Wildman–Crippen LogP) is 6.94. The summed E-state index contributed by atoms with van der Waals surface area (Å²) in [7, 11) is 0. The first-order valence-corrected chi connectivity index (χ1v) is 11.0. The molecule has 0 aromatic heterocycles.